The van der Waals surface area contributed by atoms with Crippen molar-refractivity contribution in [2.45, 2.75) is 12.5 Å². The first kappa shape index (κ1) is 19.6. The van der Waals surface area contributed by atoms with Crippen molar-refractivity contribution < 1.29 is 4.79 Å². The molecule has 0 spiro atoms. The minimum atomic E-state index is 0.210. The molecule has 31 heavy (non-hydrogen) atoms. The van der Waals surface area contributed by atoms with Gasteiger partial charge in [-0.05, 0) is 34.2 Å². The summed E-state index contributed by atoms with van der Waals surface area (Å²) in [6.45, 7) is 3.27. The van der Waals surface area contributed by atoms with Crippen LogP contribution in [-0.2, 0) is 11.2 Å². The lowest BCUT2D eigenvalue weighted by molar-refractivity contribution is -0.132. The number of aromatic amines is 1. The molecule has 156 valence electrons. The summed E-state index contributed by atoms with van der Waals surface area (Å²) in [5.74, 6) is 0.210. The van der Waals surface area contributed by atoms with E-state index in [-0.39, 0.29) is 11.9 Å². The maximum Gasteiger partial charge on any atom is 0.227 e. The molecular weight excluding hydrogens is 382 g/mol. The highest BCUT2D eigenvalue weighted by Crippen LogP contribution is 2.29. The van der Waals surface area contributed by atoms with E-state index < -0.39 is 0 Å². The van der Waals surface area contributed by atoms with Crippen molar-refractivity contribution in [1.82, 2.24) is 14.8 Å². The van der Waals surface area contributed by atoms with Crippen LogP contribution in [0, 0.1) is 0 Å². The fraction of sp³-hybridized carbons (Fsp3) is 0.222. The average Bonchev–Trinajstić information content (AvgIpc) is 3.29. The summed E-state index contributed by atoms with van der Waals surface area (Å²) in [6, 6.07) is 29.8. The number of hydrogen-bond acceptors (Lipinski definition) is 2. The van der Waals surface area contributed by atoms with Gasteiger partial charge in [0.2, 0.25) is 5.91 Å². The molecular formula is C27H27N3O. The molecule has 1 aliphatic heterocycles. The molecule has 0 bridgehead atoms. The van der Waals surface area contributed by atoms with Gasteiger partial charge in [0.05, 0.1) is 12.5 Å². The lowest BCUT2D eigenvalue weighted by Gasteiger charge is -2.40. The van der Waals surface area contributed by atoms with Gasteiger partial charge in [0, 0.05) is 37.9 Å². The number of carbonyl (C=O) groups is 1. The van der Waals surface area contributed by atoms with Crippen LogP contribution in [0.2, 0.25) is 0 Å². The standard InChI is InChI=1S/C27H27N3O/c31-26(20-21-11-12-22-13-14-28-25(22)19-21)29-15-17-30(18-16-29)27(23-7-3-1-4-8-23)24-9-5-2-6-10-24/h1-14,19,27-28H,15-18,20H2. The first-order chi connectivity index (χ1) is 15.3. The van der Waals surface area contributed by atoms with E-state index in [2.05, 4.69) is 94.8 Å². The SMILES string of the molecule is O=C(Cc1ccc2cc[nH]c2c1)N1CCN(C(c2ccccc2)c2ccccc2)CC1. The molecule has 0 saturated carbocycles. The van der Waals surface area contributed by atoms with E-state index in [0.717, 1.165) is 37.3 Å². The van der Waals surface area contributed by atoms with E-state index in [0.29, 0.717) is 6.42 Å². The van der Waals surface area contributed by atoms with Crippen LogP contribution in [-0.4, -0.2) is 46.9 Å². The number of H-pyrrole nitrogens is 1. The zero-order valence-corrected chi connectivity index (χ0v) is 17.6. The highest BCUT2D eigenvalue weighted by molar-refractivity contribution is 5.83. The molecule has 1 saturated heterocycles. The number of piperazine rings is 1. The van der Waals surface area contributed by atoms with E-state index in [9.17, 15) is 4.79 Å². The zero-order valence-electron chi connectivity index (χ0n) is 17.6. The first-order valence-electron chi connectivity index (χ1n) is 11.0. The fourth-order valence-corrected chi connectivity index (χ4v) is 4.61. The van der Waals surface area contributed by atoms with E-state index in [1.54, 1.807) is 0 Å². The Labute approximate surface area is 183 Å². The van der Waals surface area contributed by atoms with Crippen LogP contribution < -0.4 is 0 Å². The summed E-state index contributed by atoms with van der Waals surface area (Å²) < 4.78 is 0. The second-order valence-corrected chi connectivity index (χ2v) is 8.22. The van der Waals surface area contributed by atoms with Gasteiger partial charge in [-0.3, -0.25) is 9.69 Å². The second-order valence-electron chi connectivity index (χ2n) is 8.22. The molecule has 1 amide bonds. The fourth-order valence-electron chi connectivity index (χ4n) is 4.61. The summed E-state index contributed by atoms with van der Waals surface area (Å²) in [5.41, 5.74) is 4.75. The molecule has 2 heterocycles. The summed E-state index contributed by atoms with van der Waals surface area (Å²) in [7, 11) is 0. The predicted molar refractivity (Wildman–Crippen MR) is 125 cm³/mol. The van der Waals surface area contributed by atoms with Gasteiger partial charge >= 0.3 is 0 Å². The van der Waals surface area contributed by atoms with Crippen LogP contribution >= 0.6 is 0 Å². The number of nitrogens with one attached hydrogen (secondary N) is 1. The molecule has 0 atom stereocenters. The van der Waals surface area contributed by atoms with Gasteiger partial charge in [0.1, 0.15) is 0 Å². The Morgan fingerprint density at radius 3 is 2.10 bits per heavy atom. The molecule has 1 aliphatic rings. The second kappa shape index (κ2) is 8.78. The van der Waals surface area contributed by atoms with Crippen molar-refractivity contribution in [3.63, 3.8) is 0 Å². The molecule has 4 nitrogen and oxygen atoms in total. The Hall–Kier alpha value is -3.37. The summed E-state index contributed by atoms with van der Waals surface area (Å²) in [4.78, 5) is 20.7. The lowest BCUT2D eigenvalue weighted by atomic mass is 9.96. The average molecular weight is 410 g/mol. The number of hydrogen-bond donors (Lipinski definition) is 1. The number of carbonyl (C=O) groups excluding carboxylic acids is 1. The molecule has 5 rings (SSSR count). The Morgan fingerprint density at radius 1 is 0.806 bits per heavy atom. The quantitative estimate of drug-likeness (QED) is 0.521. The maximum absolute atomic E-state index is 13.0. The van der Waals surface area contributed by atoms with Gasteiger partial charge in [-0.1, -0.05) is 72.8 Å². The van der Waals surface area contributed by atoms with Crippen molar-refractivity contribution >= 4 is 16.8 Å². The summed E-state index contributed by atoms with van der Waals surface area (Å²) >= 11 is 0. The molecule has 1 fully saturated rings. The van der Waals surface area contributed by atoms with Gasteiger partial charge in [0.25, 0.3) is 0 Å². The Bertz CT molecular complexity index is 1110. The van der Waals surface area contributed by atoms with Gasteiger partial charge in [-0.15, -0.1) is 0 Å². The smallest absolute Gasteiger partial charge is 0.227 e. The normalized spacial score (nSPS) is 14.9. The highest BCUT2D eigenvalue weighted by Gasteiger charge is 2.28. The van der Waals surface area contributed by atoms with Gasteiger partial charge in [0.15, 0.2) is 0 Å². The Kier molecular flexibility index (Phi) is 5.55. The third-order valence-electron chi connectivity index (χ3n) is 6.24. The third kappa shape index (κ3) is 4.25. The van der Waals surface area contributed by atoms with E-state index in [1.807, 2.05) is 11.1 Å². The van der Waals surface area contributed by atoms with Crippen molar-refractivity contribution in [2.75, 3.05) is 26.2 Å². The number of fused-ring (bicyclic) bond motifs is 1. The molecule has 1 aromatic heterocycles. The number of benzene rings is 3. The van der Waals surface area contributed by atoms with Crippen LogP contribution in [0.1, 0.15) is 22.7 Å². The largest absolute Gasteiger partial charge is 0.361 e. The number of nitrogens with zero attached hydrogens (tertiary/aromatic N) is 2. The van der Waals surface area contributed by atoms with Crippen LogP contribution in [0.5, 0.6) is 0 Å². The van der Waals surface area contributed by atoms with Crippen LogP contribution in [0.3, 0.4) is 0 Å². The number of aromatic nitrogens is 1. The van der Waals surface area contributed by atoms with Gasteiger partial charge < -0.3 is 9.88 Å². The van der Waals surface area contributed by atoms with Crippen LogP contribution in [0.25, 0.3) is 10.9 Å². The molecule has 3 aromatic carbocycles. The van der Waals surface area contributed by atoms with Crippen molar-refractivity contribution in [3.8, 4) is 0 Å². The van der Waals surface area contributed by atoms with Crippen molar-refractivity contribution in [1.29, 1.82) is 0 Å². The highest BCUT2D eigenvalue weighted by atomic mass is 16.2. The van der Waals surface area contributed by atoms with Gasteiger partial charge in [-0.25, -0.2) is 0 Å². The van der Waals surface area contributed by atoms with E-state index in [4.69, 9.17) is 0 Å². The number of amides is 1. The van der Waals surface area contributed by atoms with Crippen molar-refractivity contribution in [2.24, 2.45) is 0 Å². The first-order valence-corrected chi connectivity index (χ1v) is 11.0. The summed E-state index contributed by atoms with van der Waals surface area (Å²) in [5, 5.41) is 1.18. The topological polar surface area (TPSA) is 39.3 Å². The van der Waals surface area contributed by atoms with Crippen LogP contribution in [0.15, 0.2) is 91.1 Å². The van der Waals surface area contributed by atoms with E-state index >= 15 is 0 Å². The van der Waals surface area contributed by atoms with E-state index in [1.165, 1.54) is 16.5 Å². The Morgan fingerprint density at radius 2 is 1.45 bits per heavy atom. The molecule has 4 heteroatoms. The molecule has 0 unspecified atom stereocenters. The van der Waals surface area contributed by atoms with Gasteiger partial charge in [-0.2, -0.15) is 0 Å². The predicted octanol–water partition coefficient (Wildman–Crippen LogP) is 4.64. The van der Waals surface area contributed by atoms with Crippen molar-refractivity contribution in [3.05, 3.63) is 108 Å². The molecule has 1 N–H and O–H groups in total. The third-order valence-corrected chi connectivity index (χ3v) is 6.24. The molecule has 4 aromatic rings. The minimum absolute atomic E-state index is 0.210. The molecule has 0 radical (unpaired) electrons. The summed E-state index contributed by atoms with van der Waals surface area (Å²) in [6.07, 6.45) is 2.39. The zero-order chi connectivity index (χ0) is 21.0. The lowest BCUT2D eigenvalue weighted by Crippen LogP contribution is -2.50. The monoisotopic (exact) mass is 409 g/mol. The Balaban J connectivity index is 1.27. The minimum Gasteiger partial charge on any atom is -0.361 e. The van der Waals surface area contributed by atoms with Crippen LogP contribution in [0.4, 0.5) is 0 Å². The molecule has 0 aliphatic carbocycles. The maximum atomic E-state index is 13.0. The number of rotatable bonds is 5.